The van der Waals surface area contributed by atoms with Crippen molar-refractivity contribution in [1.82, 2.24) is 0 Å². The number of ether oxygens (including phenoxy) is 2. The van der Waals surface area contributed by atoms with E-state index in [1.807, 2.05) is 0 Å². The molecule has 6 heteroatoms. The van der Waals surface area contributed by atoms with Gasteiger partial charge in [-0.1, -0.05) is 38.2 Å². The predicted molar refractivity (Wildman–Crippen MR) is 94.7 cm³/mol. The van der Waals surface area contributed by atoms with Crippen molar-refractivity contribution >= 4 is 17.7 Å². The maximum atomic E-state index is 10.8. The van der Waals surface area contributed by atoms with E-state index in [-0.39, 0.29) is 31.0 Å². The molecule has 1 aliphatic carbocycles. The molecule has 2 atom stereocenters. The summed E-state index contributed by atoms with van der Waals surface area (Å²) in [7, 11) is 0. The average molecular weight is 352 g/mol. The van der Waals surface area contributed by atoms with Crippen LogP contribution in [0.25, 0.3) is 0 Å². The molecule has 1 saturated carbocycles. The Balaban J connectivity index is 0.000000472. The summed E-state index contributed by atoms with van der Waals surface area (Å²) < 4.78 is 9.15. The van der Waals surface area contributed by atoms with Crippen molar-refractivity contribution in [2.45, 2.75) is 45.1 Å². The van der Waals surface area contributed by atoms with Crippen LogP contribution in [0.15, 0.2) is 37.5 Å². The summed E-state index contributed by atoms with van der Waals surface area (Å²) in [6.45, 7) is 8.56. The number of Topliss-reactive ketones (excluding diaryl/α,β-unsaturated/α-hetero) is 1. The van der Waals surface area contributed by atoms with E-state index in [2.05, 4.69) is 22.6 Å². The molecule has 0 aliphatic heterocycles. The molecule has 25 heavy (non-hydrogen) atoms. The van der Waals surface area contributed by atoms with Crippen LogP contribution in [0.4, 0.5) is 0 Å². The summed E-state index contributed by atoms with van der Waals surface area (Å²) in [5.74, 6) is -0.766. The van der Waals surface area contributed by atoms with Gasteiger partial charge < -0.3 is 19.4 Å². The van der Waals surface area contributed by atoms with Crippen molar-refractivity contribution < 1.29 is 29.0 Å². The summed E-state index contributed by atoms with van der Waals surface area (Å²) in [5.41, 5.74) is 0. The molecule has 0 heterocycles. The number of rotatable bonds is 8. The first-order valence-electron chi connectivity index (χ1n) is 8.31. The third kappa shape index (κ3) is 12.8. The lowest BCUT2D eigenvalue weighted by atomic mass is 9.83. The molecule has 2 unspecified atom stereocenters. The summed E-state index contributed by atoms with van der Waals surface area (Å²) in [6.07, 6.45) is 9.42. The normalized spacial score (nSPS) is 19.3. The summed E-state index contributed by atoms with van der Waals surface area (Å²) in [6, 6.07) is 0. The van der Waals surface area contributed by atoms with Gasteiger partial charge in [-0.2, -0.15) is 0 Å². The number of hydrogen-bond acceptors (Lipinski definition) is 6. The SMILES string of the molecule is C=CCOC(=O)/C=C\C(=O)OCC=C.CC(=O)CC1CCCCC1O. The molecule has 1 rings (SSSR count). The van der Waals surface area contributed by atoms with Crippen LogP contribution in [0.5, 0.6) is 0 Å². The Morgan fingerprint density at radius 2 is 1.48 bits per heavy atom. The third-order valence-electron chi connectivity index (χ3n) is 3.46. The van der Waals surface area contributed by atoms with E-state index in [9.17, 15) is 19.5 Å². The fourth-order valence-electron chi connectivity index (χ4n) is 2.31. The second-order valence-electron chi connectivity index (χ2n) is 5.69. The standard InChI is InChI=1S/C10H12O4.C9H16O2/c1-3-7-13-9(11)5-6-10(12)14-8-4-2;1-7(10)6-8-4-2-3-5-9(8)11/h3-6H,1-2,7-8H2;8-9,11H,2-6H2,1H3/b6-5-;. The molecule has 0 aromatic heterocycles. The minimum Gasteiger partial charge on any atom is -0.458 e. The highest BCUT2D eigenvalue weighted by molar-refractivity contribution is 5.91. The molecule has 0 aromatic rings. The summed E-state index contributed by atoms with van der Waals surface area (Å²) in [5, 5.41) is 9.47. The van der Waals surface area contributed by atoms with Crippen LogP contribution in [0, 0.1) is 5.92 Å². The molecule has 0 spiro atoms. The Bertz CT molecular complexity index is 454. The topological polar surface area (TPSA) is 89.9 Å². The molecule has 1 aliphatic rings. The van der Waals surface area contributed by atoms with Gasteiger partial charge in [-0.25, -0.2) is 9.59 Å². The molecular weight excluding hydrogens is 324 g/mol. The molecule has 140 valence electrons. The number of ketones is 1. The first kappa shape index (κ1) is 22.8. The van der Waals surface area contributed by atoms with Gasteiger partial charge in [-0.05, 0) is 25.7 Å². The van der Waals surface area contributed by atoms with Gasteiger partial charge in [0.15, 0.2) is 0 Å². The molecule has 0 aromatic carbocycles. The fourth-order valence-corrected chi connectivity index (χ4v) is 2.31. The second-order valence-corrected chi connectivity index (χ2v) is 5.69. The Labute approximate surface area is 149 Å². The molecule has 6 nitrogen and oxygen atoms in total. The number of hydrogen-bond donors (Lipinski definition) is 1. The average Bonchev–Trinajstić information content (AvgIpc) is 2.58. The van der Waals surface area contributed by atoms with Crippen molar-refractivity contribution in [3.63, 3.8) is 0 Å². The van der Waals surface area contributed by atoms with Gasteiger partial charge in [0.2, 0.25) is 0 Å². The summed E-state index contributed by atoms with van der Waals surface area (Å²) in [4.78, 5) is 32.3. The number of aliphatic hydroxyl groups excluding tert-OH is 1. The van der Waals surface area contributed by atoms with Crippen molar-refractivity contribution in [2.24, 2.45) is 5.92 Å². The number of esters is 2. The summed E-state index contributed by atoms with van der Waals surface area (Å²) >= 11 is 0. The highest BCUT2D eigenvalue weighted by Gasteiger charge is 2.23. The van der Waals surface area contributed by atoms with Crippen LogP contribution >= 0.6 is 0 Å². The molecule has 0 radical (unpaired) electrons. The minimum absolute atomic E-state index is 0.116. The van der Waals surface area contributed by atoms with Crippen molar-refractivity contribution in [1.29, 1.82) is 0 Å². The molecule has 0 bridgehead atoms. The third-order valence-corrected chi connectivity index (χ3v) is 3.46. The van der Waals surface area contributed by atoms with Gasteiger partial charge in [0.25, 0.3) is 0 Å². The largest absolute Gasteiger partial charge is 0.458 e. The van der Waals surface area contributed by atoms with Gasteiger partial charge >= 0.3 is 11.9 Å². The van der Waals surface area contributed by atoms with E-state index in [4.69, 9.17) is 0 Å². The smallest absolute Gasteiger partial charge is 0.331 e. The van der Waals surface area contributed by atoms with Crippen LogP contribution in [0.2, 0.25) is 0 Å². The second kappa shape index (κ2) is 14.2. The Hall–Kier alpha value is -2.21. The fraction of sp³-hybridized carbons (Fsp3) is 0.526. The van der Waals surface area contributed by atoms with Gasteiger partial charge in [0.05, 0.1) is 6.10 Å². The Morgan fingerprint density at radius 1 is 1.00 bits per heavy atom. The van der Waals surface area contributed by atoms with E-state index in [0.717, 1.165) is 31.4 Å². The zero-order valence-corrected chi connectivity index (χ0v) is 14.8. The van der Waals surface area contributed by atoms with Crippen molar-refractivity contribution in [3.05, 3.63) is 37.5 Å². The van der Waals surface area contributed by atoms with Gasteiger partial charge in [0.1, 0.15) is 19.0 Å². The number of carbonyl (C=O) groups excluding carboxylic acids is 3. The van der Waals surface area contributed by atoms with Gasteiger partial charge in [0, 0.05) is 18.6 Å². The Morgan fingerprint density at radius 3 is 1.88 bits per heavy atom. The van der Waals surface area contributed by atoms with Crippen molar-refractivity contribution in [3.8, 4) is 0 Å². The highest BCUT2D eigenvalue weighted by atomic mass is 16.5. The number of aliphatic hydroxyl groups is 1. The van der Waals surface area contributed by atoms with E-state index < -0.39 is 11.9 Å². The molecular formula is C19H28O6. The lowest BCUT2D eigenvalue weighted by Gasteiger charge is -2.26. The van der Waals surface area contributed by atoms with Crippen LogP contribution in [0.3, 0.4) is 0 Å². The van der Waals surface area contributed by atoms with Crippen molar-refractivity contribution in [2.75, 3.05) is 13.2 Å². The number of carbonyl (C=O) groups is 3. The van der Waals surface area contributed by atoms with Crippen LogP contribution in [0.1, 0.15) is 39.0 Å². The Kier molecular flexibility index (Phi) is 12.9. The maximum absolute atomic E-state index is 10.8. The first-order valence-corrected chi connectivity index (χ1v) is 8.31. The van der Waals surface area contributed by atoms with Crippen LogP contribution in [-0.2, 0) is 23.9 Å². The lowest BCUT2D eigenvalue weighted by molar-refractivity contribution is -0.139. The zero-order chi connectivity index (χ0) is 19.1. The van der Waals surface area contributed by atoms with E-state index >= 15 is 0 Å². The molecule has 1 N–H and O–H groups in total. The van der Waals surface area contributed by atoms with E-state index in [1.165, 1.54) is 18.6 Å². The maximum Gasteiger partial charge on any atom is 0.331 e. The van der Waals surface area contributed by atoms with Crippen LogP contribution in [-0.4, -0.2) is 42.1 Å². The minimum atomic E-state index is -0.611. The highest BCUT2D eigenvalue weighted by Crippen LogP contribution is 2.26. The zero-order valence-electron chi connectivity index (χ0n) is 14.8. The molecule has 0 amide bonds. The predicted octanol–water partition coefficient (Wildman–Crippen LogP) is 2.52. The van der Waals surface area contributed by atoms with E-state index in [0.29, 0.717) is 6.42 Å². The monoisotopic (exact) mass is 352 g/mol. The van der Waals surface area contributed by atoms with E-state index in [1.54, 1.807) is 6.92 Å². The van der Waals surface area contributed by atoms with Gasteiger partial charge in [-0.3, -0.25) is 0 Å². The quantitative estimate of drug-likeness (QED) is 0.410. The molecule has 1 fully saturated rings. The first-order chi connectivity index (χ1) is 11.9. The lowest BCUT2D eigenvalue weighted by Crippen LogP contribution is -2.25. The van der Waals surface area contributed by atoms with Gasteiger partial charge in [-0.15, -0.1) is 0 Å². The van der Waals surface area contributed by atoms with Crippen LogP contribution < -0.4 is 0 Å². The molecule has 0 saturated heterocycles.